The number of carbonyl (C=O) groups excluding carboxylic acids is 2. The van der Waals surface area contributed by atoms with Crippen molar-refractivity contribution >= 4 is 28.3 Å². The molecule has 2 rings (SSSR count). The molecule has 3 N–H and O–H groups in total. The standard InChI is InChI=1S/C12H19N5O2S/c1-8(11-15-16-12(13)20-11)14-9(18)4-2-6-17-7-3-5-10(17)19/h8H,2-7H2,1H3,(H2,13,16)(H,14,18)/t8-/m1/s1. The Morgan fingerprint density at radius 1 is 1.55 bits per heavy atom. The Bertz CT molecular complexity index is 490. The van der Waals surface area contributed by atoms with Crippen molar-refractivity contribution in [1.29, 1.82) is 0 Å². The summed E-state index contributed by atoms with van der Waals surface area (Å²) in [5, 5.41) is 11.6. The van der Waals surface area contributed by atoms with E-state index in [1.54, 1.807) is 0 Å². The van der Waals surface area contributed by atoms with E-state index in [9.17, 15) is 9.59 Å². The number of hydrogen-bond donors (Lipinski definition) is 2. The fraction of sp³-hybridized carbons (Fsp3) is 0.667. The van der Waals surface area contributed by atoms with E-state index in [2.05, 4.69) is 15.5 Å². The van der Waals surface area contributed by atoms with Gasteiger partial charge in [-0.2, -0.15) is 0 Å². The minimum atomic E-state index is -0.189. The average molecular weight is 297 g/mol. The molecule has 20 heavy (non-hydrogen) atoms. The first-order chi connectivity index (χ1) is 9.56. The van der Waals surface area contributed by atoms with Crippen LogP contribution in [-0.2, 0) is 9.59 Å². The molecular weight excluding hydrogens is 278 g/mol. The Labute approximate surface area is 121 Å². The lowest BCUT2D eigenvalue weighted by molar-refractivity contribution is -0.128. The third kappa shape index (κ3) is 3.89. The molecule has 2 amide bonds. The van der Waals surface area contributed by atoms with E-state index in [4.69, 9.17) is 5.73 Å². The maximum Gasteiger partial charge on any atom is 0.222 e. The quantitative estimate of drug-likeness (QED) is 0.805. The van der Waals surface area contributed by atoms with Crippen LogP contribution in [0.4, 0.5) is 5.13 Å². The van der Waals surface area contributed by atoms with E-state index in [1.165, 1.54) is 11.3 Å². The molecular formula is C12H19N5O2S. The summed E-state index contributed by atoms with van der Waals surface area (Å²) in [6, 6.07) is -0.189. The van der Waals surface area contributed by atoms with Crippen LogP contribution in [0, 0.1) is 0 Å². The third-order valence-electron chi connectivity index (χ3n) is 3.21. The number of nitrogens with one attached hydrogen (secondary N) is 1. The summed E-state index contributed by atoms with van der Waals surface area (Å²) in [6.45, 7) is 3.33. The number of rotatable bonds is 6. The first kappa shape index (κ1) is 14.7. The first-order valence-electron chi connectivity index (χ1n) is 6.72. The van der Waals surface area contributed by atoms with E-state index in [0.29, 0.717) is 35.9 Å². The molecule has 1 aliphatic rings. The normalized spacial score (nSPS) is 16.4. The van der Waals surface area contributed by atoms with Gasteiger partial charge < -0.3 is 16.0 Å². The van der Waals surface area contributed by atoms with Crippen molar-refractivity contribution in [2.45, 2.75) is 38.6 Å². The molecule has 0 aliphatic carbocycles. The van der Waals surface area contributed by atoms with Crippen molar-refractivity contribution in [2.24, 2.45) is 0 Å². The Morgan fingerprint density at radius 2 is 2.35 bits per heavy atom. The Balaban J connectivity index is 1.68. The summed E-state index contributed by atoms with van der Waals surface area (Å²) < 4.78 is 0. The molecule has 1 saturated heterocycles. The second-order valence-electron chi connectivity index (χ2n) is 4.86. The van der Waals surface area contributed by atoms with E-state index >= 15 is 0 Å². The van der Waals surface area contributed by atoms with Crippen molar-refractivity contribution < 1.29 is 9.59 Å². The van der Waals surface area contributed by atoms with Gasteiger partial charge in [0.15, 0.2) is 0 Å². The van der Waals surface area contributed by atoms with Gasteiger partial charge in [0, 0.05) is 25.9 Å². The molecule has 7 nitrogen and oxygen atoms in total. The van der Waals surface area contributed by atoms with Crippen LogP contribution in [0.2, 0.25) is 0 Å². The van der Waals surface area contributed by atoms with E-state index in [0.717, 1.165) is 13.0 Å². The van der Waals surface area contributed by atoms with Crippen LogP contribution in [-0.4, -0.2) is 40.0 Å². The molecule has 1 aromatic heterocycles. The number of nitrogens with zero attached hydrogens (tertiary/aromatic N) is 3. The zero-order valence-corrected chi connectivity index (χ0v) is 12.3. The molecule has 0 aromatic carbocycles. The van der Waals surface area contributed by atoms with Crippen molar-refractivity contribution in [2.75, 3.05) is 18.8 Å². The highest BCUT2D eigenvalue weighted by Crippen LogP contribution is 2.19. The first-order valence-corrected chi connectivity index (χ1v) is 7.54. The third-order valence-corrected chi connectivity index (χ3v) is 4.14. The number of likely N-dealkylation sites (tertiary alicyclic amines) is 1. The monoisotopic (exact) mass is 297 g/mol. The van der Waals surface area contributed by atoms with Crippen molar-refractivity contribution in [3.63, 3.8) is 0 Å². The second-order valence-corrected chi connectivity index (χ2v) is 5.90. The summed E-state index contributed by atoms with van der Waals surface area (Å²) in [4.78, 5) is 25.0. The maximum atomic E-state index is 11.8. The van der Waals surface area contributed by atoms with Crippen molar-refractivity contribution in [3.8, 4) is 0 Å². The van der Waals surface area contributed by atoms with Gasteiger partial charge in [0.1, 0.15) is 5.01 Å². The Hall–Kier alpha value is -1.70. The van der Waals surface area contributed by atoms with Crippen LogP contribution in [0.3, 0.4) is 0 Å². The molecule has 110 valence electrons. The fourth-order valence-corrected chi connectivity index (χ4v) is 2.78. The zero-order chi connectivity index (χ0) is 14.5. The molecule has 0 spiro atoms. The summed E-state index contributed by atoms with van der Waals surface area (Å²) in [6.07, 6.45) is 2.66. The van der Waals surface area contributed by atoms with Crippen LogP contribution in [0.15, 0.2) is 0 Å². The predicted octanol–water partition coefficient (Wildman–Crippen LogP) is 0.700. The van der Waals surface area contributed by atoms with Gasteiger partial charge in [0.2, 0.25) is 16.9 Å². The fourth-order valence-electron chi connectivity index (χ4n) is 2.17. The Kier molecular flexibility index (Phi) is 4.89. The summed E-state index contributed by atoms with van der Waals surface area (Å²) in [7, 11) is 0. The summed E-state index contributed by atoms with van der Waals surface area (Å²) >= 11 is 1.27. The van der Waals surface area contributed by atoms with Gasteiger partial charge in [-0.15, -0.1) is 10.2 Å². The highest BCUT2D eigenvalue weighted by molar-refractivity contribution is 7.15. The molecule has 1 aliphatic heterocycles. The van der Waals surface area contributed by atoms with Crippen molar-refractivity contribution in [3.05, 3.63) is 5.01 Å². The molecule has 0 saturated carbocycles. The number of amides is 2. The van der Waals surface area contributed by atoms with Crippen LogP contribution in [0.5, 0.6) is 0 Å². The number of nitrogen functional groups attached to an aromatic ring is 1. The van der Waals surface area contributed by atoms with Gasteiger partial charge in [-0.05, 0) is 19.8 Å². The highest BCUT2D eigenvalue weighted by atomic mass is 32.1. The number of anilines is 1. The number of hydrogen-bond acceptors (Lipinski definition) is 6. The van der Waals surface area contributed by atoms with E-state index < -0.39 is 0 Å². The summed E-state index contributed by atoms with van der Waals surface area (Å²) in [5.74, 6) is 0.154. The van der Waals surface area contributed by atoms with Gasteiger partial charge in [0.05, 0.1) is 6.04 Å². The van der Waals surface area contributed by atoms with Gasteiger partial charge in [-0.3, -0.25) is 9.59 Å². The van der Waals surface area contributed by atoms with Gasteiger partial charge in [0.25, 0.3) is 0 Å². The SMILES string of the molecule is C[C@@H](NC(=O)CCCN1CCCC1=O)c1nnc(N)s1. The van der Waals surface area contributed by atoms with Gasteiger partial charge in [-0.1, -0.05) is 11.3 Å². The van der Waals surface area contributed by atoms with E-state index in [-0.39, 0.29) is 17.9 Å². The lowest BCUT2D eigenvalue weighted by atomic mass is 10.2. The molecule has 8 heteroatoms. The summed E-state index contributed by atoms with van der Waals surface area (Å²) in [5.41, 5.74) is 5.51. The molecule has 0 bridgehead atoms. The molecule has 0 unspecified atom stereocenters. The maximum absolute atomic E-state index is 11.8. The van der Waals surface area contributed by atoms with Crippen LogP contribution >= 0.6 is 11.3 Å². The number of carbonyl (C=O) groups is 2. The zero-order valence-electron chi connectivity index (χ0n) is 11.5. The molecule has 0 radical (unpaired) electrons. The number of nitrogens with two attached hydrogens (primary N) is 1. The molecule has 1 fully saturated rings. The average Bonchev–Trinajstić information content (AvgIpc) is 2.99. The Morgan fingerprint density at radius 3 is 2.95 bits per heavy atom. The topological polar surface area (TPSA) is 101 Å². The van der Waals surface area contributed by atoms with E-state index in [1.807, 2.05) is 11.8 Å². The van der Waals surface area contributed by atoms with Crippen LogP contribution in [0.25, 0.3) is 0 Å². The predicted molar refractivity (Wildman–Crippen MR) is 75.9 cm³/mol. The van der Waals surface area contributed by atoms with Crippen LogP contribution < -0.4 is 11.1 Å². The largest absolute Gasteiger partial charge is 0.374 e. The minimum absolute atomic E-state index is 0.0436. The lowest BCUT2D eigenvalue weighted by Gasteiger charge is -2.15. The molecule has 1 aromatic rings. The smallest absolute Gasteiger partial charge is 0.222 e. The lowest BCUT2D eigenvalue weighted by Crippen LogP contribution is -2.29. The number of aromatic nitrogens is 2. The van der Waals surface area contributed by atoms with Gasteiger partial charge in [-0.25, -0.2) is 0 Å². The van der Waals surface area contributed by atoms with Crippen LogP contribution in [0.1, 0.15) is 43.7 Å². The van der Waals surface area contributed by atoms with Gasteiger partial charge >= 0.3 is 0 Å². The molecule has 1 atom stereocenters. The highest BCUT2D eigenvalue weighted by Gasteiger charge is 2.20. The minimum Gasteiger partial charge on any atom is -0.374 e. The molecule has 2 heterocycles. The second kappa shape index (κ2) is 6.65. The van der Waals surface area contributed by atoms with Crippen molar-refractivity contribution in [1.82, 2.24) is 20.4 Å².